The predicted molar refractivity (Wildman–Crippen MR) is 124 cm³/mol. The molecule has 0 bridgehead atoms. The van der Waals surface area contributed by atoms with Crippen molar-refractivity contribution in [3.05, 3.63) is 95.3 Å². The van der Waals surface area contributed by atoms with Gasteiger partial charge in [-0.3, -0.25) is 9.52 Å². The van der Waals surface area contributed by atoms with Crippen molar-refractivity contribution in [3.8, 4) is 10.6 Å². The number of nitrogens with one attached hydrogen (secondary N) is 2. The zero-order valence-corrected chi connectivity index (χ0v) is 18.5. The number of sulfonamides is 1. The molecule has 0 atom stereocenters. The summed E-state index contributed by atoms with van der Waals surface area (Å²) in [5.41, 5.74) is 1.89. The zero-order chi connectivity index (χ0) is 22.7. The van der Waals surface area contributed by atoms with E-state index in [1.165, 1.54) is 24.3 Å². The minimum atomic E-state index is -3.77. The molecule has 6 nitrogen and oxygen atoms in total. The quantitative estimate of drug-likeness (QED) is 0.402. The molecule has 9 heteroatoms. The Hall–Kier alpha value is -3.56. The van der Waals surface area contributed by atoms with E-state index in [0.29, 0.717) is 27.5 Å². The number of anilines is 2. The van der Waals surface area contributed by atoms with Gasteiger partial charge in [0.15, 0.2) is 0 Å². The van der Waals surface area contributed by atoms with Crippen LogP contribution in [0.25, 0.3) is 10.6 Å². The highest BCUT2D eigenvalue weighted by Gasteiger charge is 2.17. The number of nitrogens with zero attached hydrogens (tertiary/aromatic N) is 1. The van der Waals surface area contributed by atoms with Crippen LogP contribution >= 0.6 is 11.3 Å². The molecule has 2 N–H and O–H groups in total. The standard InChI is InChI=1S/C23H18FN3O3S2/c1-15-11-12-16(13-20(15)27-32(29,30)17-7-3-2-4-8-17)25-22(28)21-14-31-23(26-21)18-9-5-6-10-19(18)24/h2-14,27H,1H3,(H,25,28). The van der Waals surface area contributed by atoms with E-state index in [-0.39, 0.29) is 10.6 Å². The number of aryl methyl sites for hydroxylation is 1. The number of carbonyl (C=O) groups excluding carboxylic acids is 1. The van der Waals surface area contributed by atoms with Crippen LogP contribution in [0.5, 0.6) is 0 Å². The monoisotopic (exact) mass is 467 g/mol. The van der Waals surface area contributed by atoms with E-state index in [1.807, 2.05) is 0 Å². The number of benzene rings is 3. The normalized spacial score (nSPS) is 11.2. The van der Waals surface area contributed by atoms with Gasteiger partial charge in [0.1, 0.15) is 16.5 Å². The highest BCUT2D eigenvalue weighted by molar-refractivity contribution is 7.92. The topological polar surface area (TPSA) is 88.2 Å². The van der Waals surface area contributed by atoms with Crippen molar-refractivity contribution in [2.24, 2.45) is 0 Å². The number of hydrogen-bond donors (Lipinski definition) is 2. The molecule has 0 radical (unpaired) electrons. The van der Waals surface area contributed by atoms with Gasteiger partial charge < -0.3 is 5.32 Å². The first-order valence-electron chi connectivity index (χ1n) is 9.54. The van der Waals surface area contributed by atoms with Gasteiger partial charge in [-0.05, 0) is 48.9 Å². The molecule has 0 aliphatic rings. The molecule has 0 saturated heterocycles. The number of thiazole rings is 1. The number of amides is 1. The Labute approximate surface area is 188 Å². The van der Waals surface area contributed by atoms with E-state index < -0.39 is 21.7 Å². The Balaban J connectivity index is 1.53. The van der Waals surface area contributed by atoms with Crippen LogP contribution in [-0.4, -0.2) is 19.3 Å². The second-order valence-electron chi connectivity index (χ2n) is 6.92. The highest BCUT2D eigenvalue weighted by Crippen LogP contribution is 2.27. The summed E-state index contributed by atoms with van der Waals surface area (Å²) in [6.45, 7) is 1.76. The maximum absolute atomic E-state index is 14.0. The number of rotatable bonds is 6. The Bertz CT molecular complexity index is 1390. The van der Waals surface area contributed by atoms with Gasteiger partial charge >= 0.3 is 0 Å². The Morgan fingerprint density at radius 2 is 1.72 bits per heavy atom. The second kappa shape index (κ2) is 8.89. The average molecular weight is 468 g/mol. The van der Waals surface area contributed by atoms with Gasteiger partial charge in [0.05, 0.1) is 10.6 Å². The van der Waals surface area contributed by atoms with Crippen LogP contribution in [0.4, 0.5) is 15.8 Å². The van der Waals surface area contributed by atoms with Gasteiger partial charge in [-0.2, -0.15) is 0 Å². The van der Waals surface area contributed by atoms with Crippen LogP contribution in [0.1, 0.15) is 16.1 Å². The van der Waals surface area contributed by atoms with Crippen LogP contribution in [0.3, 0.4) is 0 Å². The summed E-state index contributed by atoms with van der Waals surface area (Å²) in [5.74, 6) is -0.896. The summed E-state index contributed by atoms with van der Waals surface area (Å²) in [6, 6.07) is 19.1. The largest absolute Gasteiger partial charge is 0.321 e. The fourth-order valence-electron chi connectivity index (χ4n) is 2.94. The minimum Gasteiger partial charge on any atom is -0.321 e. The van der Waals surface area contributed by atoms with Crippen LogP contribution in [0.15, 0.2) is 83.1 Å². The number of halogens is 1. The molecule has 3 aromatic carbocycles. The van der Waals surface area contributed by atoms with Crippen molar-refractivity contribution >= 4 is 38.6 Å². The summed E-state index contributed by atoms with van der Waals surface area (Å²) in [4.78, 5) is 17.0. The molecule has 1 amide bonds. The average Bonchev–Trinajstić information content (AvgIpc) is 3.27. The van der Waals surface area contributed by atoms with Gasteiger partial charge in [-0.1, -0.05) is 36.4 Å². The maximum Gasteiger partial charge on any atom is 0.275 e. The molecule has 1 heterocycles. The van der Waals surface area contributed by atoms with E-state index in [9.17, 15) is 17.6 Å². The number of hydrogen-bond acceptors (Lipinski definition) is 5. The van der Waals surface area contributed by atoms with Crippen molar-refractivity contribution in [2.75, 3.05) is 10.0 Å². The van der Waals surface area contributed by atoms with Crippen LogP contribution in [0.2, 0.25) is 0 Å². The molecule has 0 saturated carbocycles. The molecule has 0 aliphatic heterocycles. The molecule has 4 aromatic rings. The second-order valence-corrected chi connectivity index (χ2v) is 9.46. The first-order valence-corrected chi connectivity index (χ1v) is 11.9. The Morgan fingerprint density at radius 3 is 2.47 bits per heavy atom. The lowest BCUT2D eigenvalue weighted by molar-refractivity contribution is 0.102. The molecule has 1 aromatic heterocycles. The van der Waals surface area contributed by atoms with Crippen LogP contribution < -0.4 is 10.0 Å². The summed E-state index contributed by atoms with van der Waals surface area (Å²) in [5, 5.41) is 4.65. The lowest BCUT2D eigenvalue weighted by Gasteiger charge is -2.12. The SMILES string of the molecule is Cc1ccc(NC(=O)c2csc(-c3ccccc3F)n2)cc1NS(=O)(=O)c1ccccc1. The lowest BCUT2D eigenvalue weighted by atomic mass is 10.2. The number of aromatic nitrogens is 1. The van der Waals surface area contributed by atoms with E-state index in [2.05, 4.69) is 15.0 Å². The summed E-state index contributed by atoms with van der Waals surface area (Å²) < 4.78 is 41.8. The smallest absolute Gasteiger partial charge is 0.275 e. The molecule has 0 fully saturated rings. The summed E-state index contributed by atoms with van der Waals surface area (Å²) in [7, 11) is -3.77. The fourth-order valence-corrected chi connectivity index (χ4v) is 4.91. The molecule has 162 valence electrons. The van der Waals surface area contributed by atoms with Crippen molar-refractivity contribution < 1.29 is 17.6 Å². The van der Waals surface area contributed by atoms with Crippen molar-refractivity contribution in [1.82, 2.24) is 4.98 Å². The third-order valence-electron chi connectivity index (χ3n) is 4.63. The van der Waals surface area contributed by atoms with Gasteiger partial charge in [-0.15, -0.1) is 11.3 Å². The maximum atomic E-state index is 14.0. The van der Waals surface area contributed by atoms with E-state index in [1.54, 1.807) is 60.8 Å². The molecule has 0 unspecified atom stereocenters. The molecule has 32 heavy (non-hydrogen) atoms. The molecular weight excluding hydrogens is 449 g/mol. The number of carbonyl (C=O) groups is 1. The first-order chi connectivity index (χ1) is 15.3. The lowest BCUT2D eigenvalue weighted by Crippen LogP contribution is -2.15. The molecule has 0 aliphatic carbocycles. The van der Waals surface area contributed by atoms with Crippen molar-refractivity contribution in [1.29, 1.82) is 0 Å². The first kappa shape index (κ1) is 21.7. The van der Waals surface area contributed by atoms with Gasteiger partial charge in [0, 0.05) is 16.6 Å². The van der Waals surface area contributed by atoms with Crippen molar-refractivity contribution in [2.45, 2.75) is 11.8 Å². The Morgan fingerprint density at radius 1 is 1.00 bits per heavy atom. The molecule has 4 rings (SSSR count). The molecular formula is C23H18FN3O3S2. The third-order valence-corrected chi connectivity index (χ3v) is 6.89. The van der Waals surface area contributed by atoms with E-state index in [0.717, 1.165) is 11.3 Å². The van der Waals surface area contributed by atoms with E-state index >= 15 is 0 Å². The third kappa shape index (κ3) is 4.68. The van der Waals surface area contributed by atoms with Gasteiger partial charge in [0.25, 0.3) is 15.9 Å². The van der Waals surface area contributed by atoms with E-state index in [4.69, 9.17) is 0 Å². The highest BCUT2D eigenvalue weighted by atomic mass is 32.2. The fraction of sp³-hybridized carbons (Fsp3) is 0.0435. The molecule has 0 spiro atoms. The zero-order valence-electron chi connectivity index (χ0n) is 16.9. The minimum absolute atomic E-state index is 0.136. The van der Waals surface area contributed by atoms with Crippen LogP contribution in [-0.2, 0) is 10.0 Å². The summed E-state index contributed by atoms with van der Waals surface area (Å²) in [6.07, 6.45) is 0. The van der Waals surface area contributed by atoms with Gasteiger partial charge in [-0.25, -0.2) is 17.8 Å². The van der Waals surface area contributed by atoms with Crippen LogP contribution in [0, 0.1) is 12.7 Å². The Kier molecular flexibility index (Phi) is 6.02. The predicted octanol–water partition coefficient (Wildman–Crippen LogP) is 5.31. The van der Waals surface area contributed by atoms with Crippen molar-refractivity contribution in [3.63, 3.8) is 0 Å². The van der Waals surface area contributed by atoms with Gasteiger partial charge in [0.2, 0.25) is 0 Å². The summed E-state index contributed by atoms with van der Waals surface area (Å²) >= 11 is 1.16.